The molecule has 0 aromatic rings. The van der Waals surface area contributed by atoms with Crippen molar-refractivity contribution in [1.82, 2.24) is 9.80 Å². The van der Waals surface area contributed by atoms with Crippen molar-refractivity contribution in [2.45, 2.75) is 33.1 Å². The van der Waals surface area contributed by atoms with E-state index in [1.807, 2.05) is 0 Å². The molecule has 17 heavy (non-hydrogen) atoms. The number of likely N-dealkylation sites (N-methyl/N-ethyl adjacent to an activating group) is 1. The molecule has 0 aromatic carbocycles. The van der Waals surface area contributed by atoms with E-state index in [0.717, 1.165) is 6.42 Å². The number of hydrogen-bond acceptors (Lipinski definition) is 3. The Morgan fingerprint density at radius 2 is 1.94 bits per heavy atom. The standard InChI is InChI=1S/C13H27N3S/c1-13(2,12(14)17)6-4-8-16-9-5-7-15(3)10-11-16/h4-11H2,1-3H3,(H2,14,17). The molecule has 0 unspecified atom stereocenters. The Labute approximate surface area is 111 Å². The first-order chi connectivity index (χ1) is 7.92. The van der Waals surface area contributed by atoms with Crippen molar-refractivity contribution in [3.05, 3.63) is 0 Å². The Balaban J connectivity index is 2.24. The monoisotopic (exact) mass is 257 g/mol. The van der Waals surface area contributed by atoms with Gasteiger partial charge < -0.3 is 15.5 Å². The topological polar surface area (TPSA) is 32.5 Å². The fraction of sp³-hybridized carbons (Fsp3) is 0.923. The summed E-state index contributed by atoms with van der Waals surface area (Å²) in [6, 6.07) is 0. The third-order valence-electron chi connectivity index (χ3n) is 3.76. The van der Waals surface area contributed by atoms with Gasteiger partial charge in [0.2, 0.25) is 0 Å². The maximum atomic E-state index is 5.74. The summed E-state index contributed by atoms with van der Waals surface area (Å²) in [5.41, 5.74) is 5.76. The number of rotatable bonds is 5. The van der Waals surface area contributed by atoms with Crippen LogP contribution in [0.1, 0.15) is 33.1 Å². The molecule has 0 radical (unpaired) electrons. The van der Waals surface area contributed by atoms with E-state index in [1.165, 1.54) is 45.6 Å². The van der Waals surface area contributed by atoms with Crippen molar-refractivity contribution < 1.29 is 0 Å². The van der Waals surface area contributed by atoms with Crippen LogP contribution in [0.2, 0.25) is 0 Å². The Kier molecular flexibility index (Phi) is 5.83. The van der Waals surface area contributed by atoms with Crippen LogP contribution in [0.15, 0.2) is 0 Å². The summed E-state index contributed by atoms with van der Waals surface area (Å²) in [6.45, 7) is 10.3. The van der Waals surface area contributed by atoms with Gasteiger partial charge in [0.1, 0.15) is 0 Å². The van der Waals surface area contributed by atoms with Crippen molar-refractivity contribution in [3.8, 4) is 0 Å². The summed E-state index contributed by atoms with van der Waals surface area (Å²) in [6.07, 6.45) is 3.57. The van der Waals surface area contributed by atoms with Crippen LogP contribution in [-0.2, 0) is 0 Å². The molecule has 1 saturated heterocycles. The van der Waals surface area contributed by atoms with Crippen LogP contribution in [0.5, 0.6) is 0 Å². The van der Waals surface area contributed by atoms with Gasteiger partial charge in [0, 0.05) is 18.5 Å². The number of nitrogens with zero attached hydrogens (tertiary/aromatic N) is 2. The lowest BCUT2D eigenvalue weighted by atomic mass is 9.88. The van der Waals surface area contributed by atoms with Gasteiger partial charge in [-0.25, -0.2) is 0 Å². The summed E-state index contributed by atoms with van der Waals surface area (Å²) in [4.78, 5) is 5.63. The zero-order valence-corrected chi connectivity index (χ0v) is 12.4. The summed E-state index contributed by atoms with van der Waals surface area (Å²) in [7, 11) is 2.21. The second-order valence-corrected chi connectivity index (χ2v) is 6.29. The highest BCUT2D eigenvalue weighted by molar-refractivity contribution is 7.80. The average molecular weight is 257 g/mol. The summed E-state index contributed by atoms with van der Waals surface area (Å²) in [5.74, 6) is 0. The van der Waals surface area contributed by atoms with Gasteiger partial charge in [-0.05, 0) is 45.9 Å². The first kappa shape index (κ1) is 14.9. The second-order valence-electron chi connectivity index (χ2n) is 5.85. The van der Waals surface area contributed by atoms with Crippen molar-refractivity contribution in [1.29, 1.82) is 0 Å². The third-order valence-corrected chi connectivity index (χ3v) is 4.31. The van der Waals surface area contributed by atoms with E-state index in [2.05, 4.69) is 30.7 Å². The molecule has 1 aliphatic rings. The Morgan fingerprint density at radius 3 is 2.59 bits per heavy atom. The third kappa shape index (κ3) is 5.32. The molecule has 100 valence electrons. The van der Waals surface area contributed by atoms with Crippen LogP contribution in [0, 0.1) is 5.41 Å². The van der Waals surface area contributed by atoms with Crippen molar-refractivity contribution in [2.75, 3.05) is 39.8 Å². The van der Waals surface area contributed by atoms with E-state index in [1.54, 1.807) is 0 Å². The summed E-state index contributed by atoms with van der Waals surface area (Å²) in [5, 5.41) is 0. The van der Waals surface area contributed by atoms with Gasteiger partial charge in [0.25, 0.3) is 0 Å². The molecule has 1 aliphatic heterocycles. The van der Waals surface area contributed by atoms with E-state index in [4.69, 9.17) is 18.0 Å². The quantitative estimate of drug-likeness (QED) is 0.760. The maximum Gasteiger partial charge on any atom is 0.0784 e. The van der Waals surface area contributed by atoms with Crippen LogP contribution in [0.3, 0.4) is 0 Å². The highest BCUT2D eigenvalue weighted by Gasteiger charge is 2.21. The maximum absolute atomic E-state index is 5.74. The fourth-order valence-corrected chi connectivity index (χ4v) is 2.29. The number of thiocarbonyl (C=S) groups is 1. The van der Waals surface area contributed by atoms with Crippen molar-refractivity contribution in [3.63, 3.8) is 0 Å². The van der Waals surface area contributed by atoms with Crippen molar-refractivity contribution in [2.24, 2.45) is 11.1 Å². The predicted octanol–water partition coefficient (Wildman–Crippen LogP) is 1.72. The summed E-state index contributed by atoms with van der Waals surface area (Å²) >= 11 is 5.10. The SMILES string of the molecule is CN1CCCN(CCCC(C)(C)C(N)=S)CC1. The first-order valence-corrected chi connectivity index (χ1v) is 7.03. The largest absolute Gasteiger partial charge is 0.393 e. The van der Waals surface area contributed by atoms with Crippen LogP contribution in [-0.4, -0.2) is 54.6 Å². The molecule has 0 spiro atoms. The molecule has 0 saturated carbocycles. The highest BCUT2D eigenvalue weighted by atomic mass is 32.1. The Morgan fingerprint density at radius 1 is 1.24 bits per heavy atom. The zero-order valence-electron chi connectivity index (χ0n) is 11.5. The van der Waals surface area contributed by atoms with E-state index in [-0.39, 0.29) is 5.41 Å². The lowest BCUT2D eigenvalue weighted by Crippen LogP contribution is -2.33. The molecular formula is C13H27N3S. The van der Waals surface area contributed by atoms with Gasteiger partial charge in [0.15, 0.2) is 0 Å². The Bertz CT molecular complexity index is 253. The molecule has 0 aliphatic carbocycles. The molecule has 1 rings (SSSR count). The van der Waals surface area contributed by atoms with E-state index in [0.29, 0.717) is 4.99 Å². The Hall–Kier alpha value is -0.190. The van der Waals surface area contributed by atoms with Gasteiger partial charge in [-0.3, -0.25) is 0 Å². The lowest BCUT2D eigenvalue weighted by molar-refractivity contribution is 0.262. The molecule has 0 bridgehead atoms. The molecule has 2 N–H and O–H groups in total. The molecule has 1 heterocycles. The first-order valence-electron chi connectivity index (χ1n) is 6.62. The average Bonchev–Trinajstić information content (AvgIpc) is 2.43. The van der Waals surface area contributed by atoms with Crippen molar-refractivity contribution >= 4 is 17.2 Å². The van der Waals surface area contributed by atoms with Crippen LogP contribution >= 0.6 is 12.2 Å². The minimum atomic E-state index is 0.0119. The van der Waals surface area contributed by atoms with Gasteiger partial charge in [0.05, 0.1) is 4.99 Å². The van der Waals surface area contributed by atoms with Crippen LogP contribution in [0.4, 0.5) is 0 Å². The molecular weight excluding hydrogens is 230 g/mol. The van der Waals surface area contributed by atoms with E-state index >= 15 is 0 Å². The van der Waals surface area contributed by atoms with E-state index < -0.39 is 0 Å². The zero-order chi connectivity index (χ0) is 12.9. The second kappa shape index (κ2) is 6.66. The highest BCUT2D eigenvalue weighted by Crippen LogP contribution is 2.22. The molecule has 1 fully saturated rings. The van der Waals surface area contributed by atoms with Crippen LogP contribution < -0.4 is 5.73 Å². The van der Waals surface area contributed by atoms with Gasteiger partial charge in [-0.15, -0.1) is 0 Å². The minimum Gasteiger partial charge on any atom is -0.393 e. The normalized spacial score (nSPS) is 20.2. The molecule has 4 heteroatoms. The predicted molar refractivity (Wildman–Crippen MR) is 78.4 cm³/mol. The van der Waals surface area contributed by atoms with Gasteiger partial charge in [-0.1, -0.05) is 26.1 Å². The van der Waals surface area contributed by atoms with Gasteiger partial charge >= 0.3 is 0 Å². The van der Waals surface area contributed by atoms with E-state index in [9.17, 15) is 0 Å². The number of hydrogen-bond donors (Lipinski definition) is 1. The molecule has 0 atom stereocenters. The smallest absolute Gasteiger partial charge is 0.0784 e. The summed E-state index contributed by atoms with van der Waals surface area (Å²) < 4.78 is 0. The molecule has 3 nitrogen and oxygen atoms in total. The fourth-order valence-electron chi connectivity index (χ4n) is 2.19. The van der Waals surface area contributed by atoms with Crippen LogP contribution in [0.25, 0.3) is 0 Å². The minimum absolute atomic E-state index is 0.0119. The lowest BCUT2D eigenvalue weighted by Gasteiger charge is -2.25. The molecule has 0 aromatic heterocycles. The number of nitrogens with two attached hydrogens (primary N) is 1. The van der Waals surface area contributed by atoms with Gasteiger partial charge in [-0.2, -0.15) is 0 Å². The molecule has 0 amide bonds.